The molecule has 1 aromatic carbocycles. The summed E-state index contributed by atoms with van der Waals surface area (Å²) in [5, 5.41) is 5.31. The van der Waals surface area contributed by atoms with Crippen LogP contribution in [0.1, 0.15) is 60.3 Å². The van der Waals surface area contributed by atoms with Gasteiger partial charge < -0.3 is 9.64 Å². The topological polar surface area (TPSA) is 60.2 Å². The van der Waals surface area contributed by atoms with Crippen molar-refractivity contribution in [3.63, 3.8) is 0 Å². The van der Waals surface area contributed by atoms with Gasteiger partial charge in [0.05, 0.1) is 23.7 Å². The summed E-state index contributed by atoms with van der Waals surface area (Å²) in [5.41, 5.74) is 3.65. The Morgan fingerprint density at radius 1 is 1.31 bits per heavy atom. The lowest BCUT2D eigenvalue weighted by Gasteiger charge is -2.19. The number of aryl methyl sites for hydroxylation is 1. The third-order valence-corrected chi connectivity index (χ3v) is 5.33. The zero-order valence-corrected chi connectivity index (χ0v) is 17.6. The second-order valence-electron chi connectivity index (χ2n) is 8.18. The minimum absolute atomic E-state index is 0.0181. The summed E-state index contributed by atoms with van der Waals surface area (Å²) in [5.74, 6) is 1.28. The van der Waals surface area contributed by atoms with Crippen molar-refractivity contribution >= 4 is 16.9 Å². The number of likely N-dealkylation sites (N-methyl/N-ethyl adjacent to an activating group) is 1. The van der Waals surface area contributed by atoms with E-state index < -0.39 is 0 Å². The van der Waals surface area contributed by atoms with Crippen LogP contribution < -0.4 is 4.74 Å². The summed E-state index contributed by atoms with van der Waals surface area (Å²) in [7, 11) is 1.82. The van der Waals surface area contributed by atoms with Gasteiger partial charge in [-0.15, -0.1) is 0 Å². The van der Waals surface area contributed by atoms with E-state index in [9.17, 15) is 4.79 Å². The van der Waals surface area contributed by atoms with E-state index in [4.69, 9.17) is 9.72 Å². The standard InChI is InChI=1S/C23H28N4O2/c1-15(2)27-22-20(14-24-27)19(13-21(25-22)17-8-9-17)23(28)26(4)10-11-29-18-7-5-6-16(3)12-18/h5-7,12-15,17H,8-11H2,1-4H3. The van der Waals surface area contributed by atoms with Crippen LogP contribution in [0.4, 0.5) is 0 Å². The second kappa shape index (κ2) is 7.85. The van der Waals surface area contributed by atoms with Gasteiger partial charge in [0, 0.05) is 24.7 Å². The highest BCUT2D eigenvalue weighted by molar-refractivity contribution is 6.05. The van der Waals surface area contributed by atoms with Gasteiger partial charge in [-0.3, -0.25) is 4.79 Å². The van der Waals surface area contributed by atoms with Crippen LogP contribution in [0.15, 0.2) is 36.5 Å². The normalized spacial score (nSPS) is 13.8. The quantitative estimate of drug-likeness (QED) is 0.600. The van der Waals surface area contributed by atoms with Crippen LogP contribution in [-0.2, 0) is 0 Å². The van der Waals surface area contributed by atoms with Crippen molar-refractivity contribution in [2.45, 2.75) is 45.6 Å². The molecule has 1 aliphatic rings. The molecule has 0 bridgehead atoms. The highest BCUT2D eigenvalue weighted by Gasteiger charge is 2.28. The molecule has 0 saturated heterocycles. The van der Waals surface area contributed by atoms with Gasteiger partial charge in [0.2, 0.25) is 0 Å². The predicted molar refractivity (Wildman–Crippen MR) is 114 cm³/mol. The van der Waals surface area contributed by atoms with E-state index in [2.05, 4.69) is 18.9 Å². The molecule has 0 unspecified atom stereocenters. The first-order valence-corrected chi connectivity index (χ1v) is 10.3. The van der Waals surface area contributed by atoms with Crippen LogP contribution in [0, 0.1) is 6.92 Å². The number of amides is 1. The maximum Gasteiger partial charge on any atom is 0.254 e. The number of pyridine rings is 1. The lowest BCUT2D eigenvalue weighted by molar-refractivity contribution is 0.0775. The molecule has 1 saturated carbocycles. The number of hydrogen-bond donors (Lipinski definition) is 0. The van der Waals surface area contributed by atoms with Crippen molar-refractivity contribution in [2.24, 2.45) is 0 Å². The molecule has 2 heterocycles. The third kappa shape index (κ3) is 4.11. The molecule has 152 valence electrons. The van der Waals surface area contributed by atoms with Gasteiger partial charge in [0.1, 0.15) is 12.4 Å². The molecule has 0 spiro atoms. The van der Waals surface area contributed by atoms with Gasteiger partial charge >= 0.3 is 0 Å². The molecule has 0 radical (unpaired) electrons. The van der Waals surface area contributed by atoms with Gasteiger partial charge in [0.15, 0.2) is 5.65 Å². The van der Waals surface area contributed by atoms with Gasteiger partial charge in [-0.05, 0) is 57.4 Å². The van der Waals surface area contributed by atoms with E-state index in [-0.39, 0.29) is 11.9 Å². The minimum Gasteiger partial charge on any atom is -0.492 e. The Hall–Kier alpha value is -2.89. The van der Waals surface area contributed by atoms with Crippen LogP contribution in [0.5, 0.6) is 5.75 Å². The van der Waals surface area contributed by atoms with Gasteiger partial charge in [-0.25, -0.2) is 9.67 Å². The Morgan fingerprint density at radius 2 is 2.10 bits per heavy atom. The summed E-state index contributed by atoms with van der Waals surface area (Å²) in [6.07, 6.45) is 4.05. The number of rotatable bonds is 7. The number of benzene rings is 1. The predicted octanol–water partition coefficient (Wildman–Crippen LogP) is 4.35. The molecular weight excluding hydrogens is 364 g/mol. The summed E-state index contributed by atoms with van der Waals surface area (Å²) in [4.78, 5) is 19.8. The highest BCUT2D eigenvalue weighted by atomic mass is 16.5. The average Bonchev–Trinajstić information content (AvgIpc) is 3.45. The van der Waals surface area contributed by atoms with Crippen molar-refractivity contribution in [3.8, 4) is 5.75 Å². The van der Waals surface area contributed by atoms with E-state index in [1.54, 1.807) is 11.1 Å². The van der Waals surface area contributed by atoms with Crippen LogP contribution in [0.3, 0.4) is 0 Å². The molecule has 0 atom stereocenters. The monoisotopic (exact) mass is 392 g/mol. The van der Waals surface area contributed by atoms with E-state index in [0.29, 0.717) is 24.6 Å². The molecule has 0 aliphatic heterocycles. The Kier molecular flexibility index (Phi) is 5.26. The minimum atomic E-state index is -0.0181. The first kappa shape index (κ1) is 19.4. The number of ether oxygens (including phenoxy) is 1. The fourth-order valence-corrected chi connectivity index (χ4v) is 3.49. The smallest absolute Gasteiger partial charge is 0.254 e. The first-order chi connectivity index (χ1) is 13.9. The number of fused-ring (bicyclic) bond motifs is 1. The molecule has 3 aromatic rings. The molecule has 4 rings (SSSR count). The van der Waals surface area contributed by atoms with Gasteiger partial charge in [-0.1, -0.05) is 12.1 Å². The van der Waals surface area contributed by atoms with Crippen molar-refractivity contribution in [1.29, 1.82) is 0 Å². The zero-order valence-electron chi connectivity index (χ0n) is 17.6. The van der Waals surface area contributed by atoms with Crippen molar-refractivity contribution in [3.05, 3.63) is 53.3 Å². The van der Waals surface area contributed by atoms with Crippen LogP contribution >= 0.6 is 0 Å². The number of hydrogen-bond acceptors (Lipinski definition) is 4. The number of carbonyl (C=O) groups is 1. The zero-order chi connectivity index (χ0) is 20.5. The van der Waals surface area contributed by atoms with Gasteiger partial charge in [-0.2, -0.15) is 5.10 Å². The van der Waals surface area contributed by atoms with Crippen LogP contribution in [0.25, 0.3) is 11.0 Å². The number of carbonyl (C=O) groups excluding carboxylic acids is 1. The lowest BCUT2D eigenvalue weighted by Crippen LogP contribution is -2.31. The Morgan fingerprint density at radius 3 is 2.79 bits per heavy atom. The number of nitrogens with zero attached hydrogens (tertiary/aromatic N) is 4. The largest absolute Gasteiger partial charge is 0.492 e. The van der Waals surface area contributed by atoms with Crippen molar-refractivity contribution < 1.29 is 9.53 Å². The average molecular weight is 393 g/mol. The summed E-state index contributed by atoms with van der Waals surface area (Å²) in [6, 6.07) is 10.1. The summed E-state index contributed by atoms with van der Waals surface area (Å²) >= 11 is 0. The molecule has 1 amide bonds. The molecule has 6 nitrogen and oxygen atoms in total. The fourth-order valence-electron chi connectivity index (χ4n) is 3.49. The molecule has 0 N–H and O–H groups in total. The molecule has 1 aliphatic carbocycles. The van der Waals surface area contributed by atoms with E-state index in [1.165, 1.54) is 0 Å². The third-order valence-electron chi connectivity index (χ3n) is 5.33. The SMILES string of the molecule is Cc1cccc(OCCN(C)C(=O)c2cc(C3CC3)nc3c2cnn3C(C)C)c1. The molecule has 29 heavy (non-hydrogen) atoms. The number of aromatic nitrogens is 3. The Labute approximate surface area is 171 Å². The van der Waals surface area contributed by atoms with Crippen LogP contribution in [-0.4, -0.2) is 45.8 Å². The highest BCUT2D eigenvalue weighted by Crippen LogP contribution is 2.40. The Balaban J connectivity index is 1.54. The summed E-state index contributed by atoms with van der Waals surface area (Å²) in [6.45, 7) is 7.14. The molecule has 1 fully saturated rings. The fraction of sp³-hybridized carbons (Fsp3) is 0.435. The van der Waals surface area contributed by atoms with Crippen LogP contribution in [0.2, 0.25) is 0 Å². The summed E-state index contributed by atoms with van der Waals surface area (Å²) < 4.78 is 7.72. The second-order valence-corrected chi connectivity index (χ2v) is 8.18. The Bertz CT molecular complexity index is 1040. The molecule has 2 aromatic heterocycles. The maximum absolute atomic E-state index is 13.2. The van der Waals surface area contributed by atoms with Crippen molar-refractivity contribution in [1.82, 2.24) is 19.7 Å². The van der Waals surface area contributed by atoms with Gasteiger partial charge in [0.25, 0.3) is 5.91 Å². The van der Waals surface area contributed by atoms with E-state index in [1.807, 2.05) is 49.0 Å². The lowest BCUT2D eigenvalue weighted by atomic mass is 10.1. The maximum atomic E-state index is 13.2. The van der Waals surface area contributed by atoms with Crippen molar-refractivity contribution in [2.75, 3.05) is 20.2 Å². The molecular formula is C23H28N4O2. The first-order valence-electron chi connectivity index (χ1n) is 10.3. The van der Waals surface area contributed by atoms with E-state index in [0.717, 1.165) is 40.9 Å². The van der Waals surface area contributed by atoms with E-state index >= 15 is 0 Å². The molecule has 6 heteroatoms.